The summed E-state index contributed by atoms with van der Waals surface area (Å²) in [5, 5.41) is 8.64. The number of hydrogen-bond donors (Lipinski definition) is 0. The van der Waals surface area contributed by atoms with Gasteiger partial charge in [0.1, 0.15) is 11.6 Å². The van der Waals surface area contributed by atoms with Gasteiger partial charge in [-0.1, -0.05) is 60.3 Å². The van der Waals surface area contributed by atoms with E-state index in [0.29, 0.717) is 31.5 Å². The number of benzene rings is 2. The second-order valence-electron chi connectivity index (χ2n) is 6.17. The fourth-order valence-corrected chi connectivity index (χ4v) is 4.13. The lowest BCUT2D eigenvalue weighted by atomic mass is 10.1. The van der Waals surface area contributed by atoms with E-state index in [1.54, 1.807) is 6.33 Å². The lowest BCUT2D eigenvalue weighted by Gasteiger charge is -2.30. The summed E-state index contributed by atoms with van der Waals surface area (Å²) in [4.78, 5) is 15.1. The molecule has 0 saturated carbocycles. The van der Waals surface area contributed by atoms with Gasteiger partial charge >= 0.3 is 0 Å². The Morgan fingerprint density at radius 1 is 1.00 bits per heavy atom. The van der Waals surface area contributed by atoms with E-state index in [1.807, 2.05) is 70.1 Å². The van der Waals surface area contributed by atoms with Crippen LogP contribution in [0.1, 0.15) is 10.8 Å². The second-order valence-corrected chi connectivity index (χ2v) is 7.24. The molecule has 2 aromatic carbocycles. The Labute approximate surface area is 162 Å². The zero-order valence-corrected chi connectivity index (χ0v) is 15.6. The topological polar surface area (TPSA) is 60.2 Å². The van der Waals surface area contributed by atoms with E-state index in [-0.39, 0.29) is 11.2 Å². The molecular formula is C20H20N4O2S. The van der Waals surface area contributed by atoms with Gasteiger partial charge in [-0.3, -0.25) is 9.36 Å². The van der Waals surface area contributed by atoms with Crippen molar-refractivity contribution in [3.05, 3.63) is 72.6 Å². The van der Waals surface area contributed by atoms with Crippen LogP contribution in [0.4, 0.5) is 0 Å². The predicted molar refractivity (Wildman–Crippen MR) is 104 cm³/mol. The predicted octanol–water partition coefficient (Wildman–Crippen LogP) is 2.96. The first-order chi connectivity index (χ1) is 13.3. The number of nitrogens with zero attached hydrogens (tertiary/aromatic N) is 4. The number of para-hydroxylation sites is 1. The van der Waals surface area contributed by atoms with E-state index in [1.165, 1.54) is 11.8 Å². The minimum Gasteiger partial charge on any atom is -0.378 e. The van der Waals surface area contributed by atoms with E-state index < -0.39 is 0 Å². The van der Waals surface area contributed by atoms with Crippen molar-refractivity contribution in [3.63, 3.8) is 0 Å². The molecule has 4 rings (SSSR count). The molecule has 0 aliphatic carbocycles. The number of aromatic nitrogens is 3. The van der Waals surface area contributed by atoms with Gasteiger partial charge in [0, 0.05) is 18.8 Å². The van der Waals surface area contributed by atoms with Crippen LogP contribution in [-0.2, 0) is 9.53 Å². The number of amides is 1. The number of morpholine rings is 1. The first-order valence-corrected chi connectivity index (χ1v) is 9.74. The molecule has 7 heteroatoms. The van der Waals surface area contributed by atoms with E-state index in [9.17, 15) is 4.79 Å². The van der Waals surface area contributed by atoms with Gasteiger partial charge < -0.3 is 9.64 Å². The molecule has 1 saturated heterocycles. The van der Waals surface area contributed by atoms with Crippen LogP contribution in [0.25, 0.3) is 5.69 Å². The van der Waals surface area contributed by atoms with Crippen LogP contribution in [0.2, 0.25) is 0 Å². The number of carbonyl (C=O) groups excluding carboxylic acids is 1. The van der Waals surface area contributed by atoms with Crippen LogP contribution >= 0.6 is 11.8 Å². The highest BCUT2D eigenvalue weighted by Crippen LogP contribution is 2.36. The van der Waals surface area contributed by atoms with Crippen molar-refractivity contribution in [2.24, 2.45) is 0 Å². The Balaban J connectivity index is 1.64. The molecule has 1 aromatic heterocycles. The number of rotatable bonds is 5. The smallest absolute Gasteiger partial charge is 0.240 e. The van der Waals surface area contributed by atoms with Crippen molar-refractivity contribution in [1.82, 2.24) is 19.7 Å². The van der Waals surface area contributed by atoms with Gasteiger partial charge in [0.05, 0.1) is 13.2 Å². The molecule has 27 heavy (non-hydrogen) atoms. The normalized spacial score (nSPS) is 15.5. The number of ether oxygens (including phenoxy) is 1. The van der Waals surface area contributed by atoms with E-state index >= 15 is 0 Å². The Hall–Kier alpha value is -2.64. The molecule has 0 bridgehead atoms. The molecule has 1 aliphatic rings. The molecule has 6 nitrogen and oxygen atoms in total. The van der Waals surface area contributed by atoms with Crippen molar-refractivity contribution < 1.29 is 9.53 Å². The van der Waals surface area contributed by atoms with Crippen molar-refractivity contribution in [2.45, 2.75) is 10.4 Å². The van der Waals surface area contributed by atoms with Crippen LogP contribution in [0.5, 0.6) is 0 Å². The summed E-state index contributed by atoms with van der Waals surface area (Å²) in [5.41, 5.74) is 1.93. The number of hydrogen-bond acceptors (Lipinski definition) is 5. The summed E-state index contributed by atoms with van der Waals surface area (Å²) >= 11 is 1.43. The van der Waals surface area contributed by atoms with Crippen molar-refractivity contribution in [1.29, 1.82) is 0 Å². The van der Waals surface area contributed by atoms with Crippen LogP contribution in [0.15, 0.2) is 72.1 Å². The Morgan fingerprint density at radius 2 is 1.67 bits per heavy atom. The van der Waals surface area contributed by atoms with Crippen LogP contribution in [0, 0.1) is 0 Å². The zero-order valence-electron chi connectivity index (χ0n) is 14.8. The van der Waals surface area contributed by atoms with Gasteiger partial charge in [-0.2, -0.15) is 0 Å². The average molecular weight is 380 g/mol. The van der Waals surface area contributed by atoms with Gasteiger partial charge in [0.25, 0.3) is 0 Å². The van der Waals surface area contributed by atoms with Crippen molar-refractivity contribution >= 4 is 17.7 Å². The first-order valence-electron chi connectivity index (χ1n) is 8.86. The second kappa shape index (κ2) is 8.37. The molecular weight excluding hydrogens is 360 g/mol. The lowest BCUT2D eigenvalue weighted by Crippen LogP contribution is -2.42. The highest BCUT2D eigenvalue weighted by molar-refractivity contribution is 8.00. The minimum absolute atomic E-state index is 0.0807. The van der Waals surface area contributed by atoms with Gasteiger partial charge in [-0.25, -0.2) is 0 Å². The van der Waals surface area contributed by atoms with E-state index in [2.05, 4.69) is 10.2 Å². The van der Waals surface area contributed by atoms with Gasteiger partial charge in [-0.05, 0) is 17.7 Å². The lowest BCUT2D eigenvalue weighted by molar-refractivity contribution is -0.134. The van der Waals surface area contributed by atoms with E-state index in [0.717, 1.165) is 11.3 Å². The molecule has 3 aromatic rings. The zero-order chi connectivity index (χ0) is 18.5. The summed E-state index contributed by atoms with van der Waals surface area (Å²) in [5.74, 6) is 0.0807. The summed E-state index contributed by atoms with van der Waals surface area (Å²) in [7, 11) is 0. The number of carbonyl (C=O) groups is 1. The molecule has 138 valence electrons. The number of thioether (sulfide) groups is 1. The quantitative estimate of drug-likeness (QED) is 0.637. The molecule has 0 N–H and O–H groups in total. The molecule has 1 amide bonds. The third kappa shape index (κ3) is 4.04. The molecule has 2 heterocycles. The first kappa shape index (κ1) is 17.8. The highest BCUT2D eigenvalue weighted by atomic mass is 32.2. The molecule has 0 spiro atoms. The third-order valence-electron chi connectivity index (χ3n) is 4.42. The summed E-state index contributed by atoms with van der Waals surface area (Å²) in [6.45, 7) is 2.40. The maximum absolute atomic E-state index is 13.3. The fraction of sp³-hybridized carbons (Fsp3) is 0.250. The van der Waals surface area contributed by atoms with E-state index in [4.69, 9.17) is 4.74 Å². The van der Waals surface area contributed by atoms with Crippen LogP contribution < -0.4 is 0 Å². The molecule has 1 fully saturated rings. The van der Waals surface area contributed by atoms with Gasteiger partial charge in [0.2, 0.25) is 5.91 Å². The summed E-state index contributed by atoms with van der Waals surface area (Å²) in [6.07, 6.45) is 1.68. The van der Waals surface area contributed by atoms with Gasteiger partial charge in [-0.15, -0.1) is 10.2 Å². The SMILES string of the molecule is O=C([C@H](Sc1nncn1-c1ccccc1)c1ccccc1)N1CCOCC1. The Morgan fingerprint density at radius 3 is 2.37 bits per heavy atom. The van der Waals surface area contributed by atoms with Gasteiger partial charge in [0.15, 0.2) is 5.16 Å². The average Bonchev–Trinajstić information content (AvgIpc) is 3.22. The van der Waals surface area contributed by atoms with Crippen molar-refractivity contribution in [2.75, 3.05) is 26.3 Å². The molecule has 1 atom stereocenters. The molecule has 1 aliphatic heterocycles. The minimum atomic E-state index is -0.379. The standard InChI is InChI=1S/C20H20N4O2S/c25-19(23-11-13-26-14-12-23)18(16-7-3-1-4-8-16)27-20-22-21-15-24(20)17-9-5-2-6-10-17/h1-10,15,18H,11-14H2/t18-/m1/s1. The highest BCUT2D eigenvalue weighted by Gasteiger charge is 2.29. The molecule has 0 radical (unpaired) electrons. The maximum Gasteiger partial charge on any atom is 0.240 e. The Kier molecular flexibility index (Phi) is 5.50. The largest absolute Gasteiger partial charge is 0.378 e. The fourth-order valence-electron chi connectivity index (χ4n) is 3.01. The summed E-state index contributed by atoms with van der Waals surface area (Å²) in [6, 6.07) is 19.7. The summed E-state index contributed by atoms with van der Waals surface area (Å²) < 4.78 is 7.30. The van der Waals surface area contributed by atoms with Crippen LogP contribution in [0.3, 0.4) is 0 Å². The van der Waals surface area contributed by atoms with Crippen LogP contribution in [-0.4, -0.2) is 51.9 Å². The monoisotopic (exact) mass is 380 g/mol. The third-order valence-corrected chi connectivity index (χ3v) is 5.62. The molecule has 0 unspecified atom stereocenters. The Bertz CT molecular complexity index is 879. The maximum atomic E-state index is 13.3. The van der Waals surface area contributed by atoms with Crippen molar-refractivity contribution in [3.8, 4) is 5.69 Å².